The molecular weight excluding hydrogens is 208 g/mol. The molecule has 2 N–H and O–H groups in total. The molecule has 2 bridgehead atoms. The van der Waals surface area contributed by atoms with E-state index in [9.17, 15) is 8.78 Å². The monoisotopic (exact) mass is 229 g/mol. The quantitative estimate of drug-likeness (QED) is 0.773. The van der Waals surface area contributed by atoms with E-state index in [0.717, 1.165) is 25.2 Å². The van der Waals surface area contributed by atoms with Crippen LogP contribution in [-0.4, -0.2) is 12.5 Å². The Bertz CT molecular complexity index is 324. The topological polar surface area (TPSA) is 26.0 Å². The van der Waals surface area contributed by atoms with Crippen molar-refractivity contribution in [3.8, 4) is 0 Å². The number of alkyl halides is 2. The Morgan fingerprint density at radius 3 is 2.19 bits per heavy atom. The molecule has 0 aromatic carbocycles. The Morgan fingerprint density at radius 1 is 1.19 bits per heavy atom. The summed E-state index contributed by atoms with van der Waals surface area (Å²) < 4.78 is 27.2. The van der Waals surface area contributed by atoms with E-state index in [4.69, 9.17) is 5.73 Å². The van der Waals surface area contributed by atoms with Gasteiger partial charge < -0.3 is 5.73 Å². The predicted octanol–water partition coefficient (Wildman–Crippen LogP) is 3.04. The van der Waals surface area contributed by atoms with Gasteiger partial charge in [-0.15, -0.1) is 0 Å². The van der Waals surface area contributed by atoms with Gasteiger partial charge in [0.25, 0.3) is 5.92 Å². The normalized spacial score (nSPS) is 51.9. The lowest BCUT2D eigenvalue weighted by atomic mass is 9.43. The minimum absolute atomic E-state index is 0.0401. The van der Waals surface area contributed by atoms with Crippen molar-refractivity contribution in [3.05, 3.63) is 0 Å². The van der Waals surface area contributed by atoms with Crippen molar-refractivity contribution in [2.24, 2.45) is 34.3 Å². The fourth-order valence-corrected chi connectivity index (χ4v) is 4.60. The van der Waals surface area contributed by atoms with Crippen LogP contribution in [0.1, 0.15) is 39.5 Å². The van der Waals surface area contributed by atoms with Gasteiger partial charge in [0.05, 0.1) is 5.41 Å². The second-order valence-corrected chi connectivity index (χ2v) is 6.79. The summed E-state index contributed by atoms with van der Waals surface area (Å²) in [5.41, 5.74) is 5.11. The third kappa shape index (κ3) is 1.04. The van der Waals surface area contributed by atoms with Crippen LogP contribution in [0.15, 0.2) is 0 Å². The van der Waals surface area contributed by atoms with Gasteiger partial charge in [-0.05, 0) is 42.4 Å². The van der Waals surface area contributed by atoms with Gasteiger partial charge in [0.1, 0.15) is 0 Å². The zero-order valence-electron chi connectivity index (χ0n) is 10.1. The van der Waals surface area contributed by atoms with E-state index >= 15 is 0 Å². The number of halogens is 2. The lowest BCUT2D eigenvalue weighted by Crippen LogP contribution is -2.56. The third-order valence-corrected chi connectivity index (χ3v) is 6.07. The van der Waals surface area contributed by atoms with Crippen molar-refractivity contribution in [2.45, 2.75) is 45.5 Å². The summed E-state index contributed by atoms with van der Waals surface area (Å²) in [6.07, 6.45) is 3.31. The molecule has 1 nitrogen and oxygen atoms in total. The second kappa shape index (κ2) is 2.80. The standard InChI is InChI=1S/C13H21F2N/c1-11(2)8-3-4-9(10(11)5-8)12(7-16)6-13(12,14)15/h8-10H,3-7,16H2,1-2H3. The van der Waals surface area contributed by atoms with E-state index in [-0.39, 0.29) is 24.3 Å². The van der Waals surface area contributed by atoms with Crippen molar-refractivity contribution < 1.29 is 8.78 Å². The average molecular weight is 229 g/mol. The minimum Gasteiger partial charge on any atom is -0.330 e. The van der Waals surface area contributed by atoms with Crippen LogP contribution in [0, 0.1) is 28.6 Å². The van der Waals surface area contributed by atoms with Crippen molar-refractivity contribution in [2.75, 3.05) is 6.54 Å². The Kier molecular flexibility index (Phi) is 1.91. The predicted molar refractivity (Wildman–Crippen MR) is 59.2 cm³/mol. The van der Waals surface area contributed by atoms with Crippen LogP contribution >= 0.6 is 0 Å². The molecule has 4 rings (SSSR count). The van der Waals surface area contributed by atoms with Crippen molar-refractivity contribution in [1.82, 2.24) is 0 Å². The molecule has 4 aliphatic rings. The van der Waals surface area contributed by atoms with E-state index < -0.39 is 11.3 Å². The van der Waals surface area contributed by atoms with Gasteiger partial charge in [0.15, 0.2) is 0 Å². The summed E-state index contributed by atoms with van der Waals surface area (Å²) in [5.74, 6) is -1.04. The molecule has 0 aromatic rings. The van der Waals surface area contributed by atoms with Crippen LogP contribution in [0.2, 0.25) is 0 Å². The smallest absolute Gasteiger partial charge is 0.256 e. The van der Waals surface area contributed by atoms with E-state index in [2.05, 4.69) is 13.8 Å². The largest absolute Gasteiger partial charge is 0.330 e. The molecule has 0 saturated heterocycles. The molecule has 0 amide bonds. The van der Waals surface area contributed by atoms with Crippen molar-refractivity contribution in [3.63, 3.8) is 0 Å². The Labute approximate surface area is 95.8 Å². The Balaban J connectivity index is 1.86. The maximum atomic E-state index is 13.6. The van der Waals surface area contributed by atoms with E-state index in [0.29, 0.717) is 5.92 Å². The minimum atomic E-state index is -2.48. The fourth-order valence-electron chi connectivity index (χ4n) is 4.60. The molecule has 0 heterocycles. The number of fused-ring (bicyclic) bond motifs is 2. The number of hydrogen-bond donors (Lipinski definition) is 1. The summed E-state index contributed by atoms with van der Waals surface area (Å²) in [5, 5.41) is 0. The summed E-state index contributed by atoms with van der Waals surface area (Å²) in [6, 6.07) is 0. The van der Waals surface area contributed by atoms with Gasteiger partial charge in [-0.3, -0.25) is 0 Å². The van der Waals surface area contributed by atoms with E-state index in [1.54, 1.807) is 0 Å². The van der Waals surface area contributed by atoms with E-state index in [1.807, 2.05) is 0 Å². The first-order valence-corrected chi connectivity index (χ1v) is 6.43. The number of nitrogens with two attached hydrogens (primary N) is 1. The van der Waals surface area contributed by atoms with Crippen LogP contribution in [-0.2, 0) is 0 Å². The Morgan fingerprint density at radius 2 is 1.81 bits per heavy atom. The molecule has 0 aliphatic heterocycles. The molecule has 4 saturated carbocycles. The molecule has 4 atom stereocenters. The van der Waals surface area contributed by atoms with Gasteiger partial charge in [-0.2, -0.15) is 0 Å². The third-order valence-electron chi connectivity index (χ3n) is 6.07. The van der Waals surface area contributed by atoms with Crippen LogP contribution in [0.5, 0.6) is 0 Å². The van der Waals surface area contributed by atoms with E-state index in [1.165, 1.54) is 0 Å². The first-order valence-electron chi connectivity index (χ1n) is 6.43. The molecule has 0 aromatic heterocycles. The van der Waals surface area contributed by atoms with Gasteiger partial charge >= 0.3 is 0 Å². The zero-order valence-corrected chi connectivity index (χ0v) is 10.1. The molecule has 3 heteroatoms. The molecule has 4 fully saturated rings. The van der Waals surface area contributed by atoms with Crippen LogP contribution in [0.3, 0.4) is 0 Å². The summed E-state index contributed by atoms with van der Waals surface area (Å²) in [6.45, 7) is 4.67. The van der Waals surface area contributed by atoms with Gasteiger partial charge in [-0.1, -0.05) is 13.8 Å². The van der Waals surface area contributed by atoms with Crippen molar-refractivity contribution >= 4 is 0 Å². The summed E-state index contributed by atoms with van der Waals surface area (Å²) >= 11 is 0. The Hall–Kier alpha value is -0.180. The highest BCUT2D eigenvalue weighted by atomic mass is 19.3. The van der Waals surface area contributed by atoms with Gasteiger partial charge in [-0.25, -0.2) is 8.78 Å². The maximum Gasteiger partial charge on any atom is 0.256 e. The second-order valence-electron chi connectivity index (χ2n) is 6.79. The molecular formula is C13H21F2N. The van der Waals surface area contributed by atoms with Crippen LogP contribution in [0.4, 0.5) is 8.78 Å². The summed E-state index contributed by atoms with van der Waals surface area (Å²) in [7, 11) is 0. The molecule has 0 spiro atoms. The number of hydrogen-bond acceptors (Lipinski definition) is 1. The average Bonchev–Trinajstić information content (AvgIpc) is 2.82. The van der Waals surface area contributed by atoms with Crippen molar-refractivity contribution in [1.29, 1.82) is 0 Å². The lowest BCUT2D eigenvalue weighted by molar-refractivity contribution is -0.139. The molecule has 4 unspecified atom stereocenters. The van der Waals surface area contributed by atoms with Crippen LogP contribution < -0.4 is 5.73 Å². The van der Waals surface area contributed by atoms with Gasteiger partial charge in [0, 0.05) is 13.0 Å². The SMILES string of the molecule is CC1(C)C2CCC(C3(CN)CC3(F)F)C1C2. The fraction of sp³-hybridized carbons (Fsp3) is 1.00. The lowest BCUT2D eigenvalue weighted by Gasteiger charge is -2.61. The summed E-state index contributed by atoms with van der Waals surface area (Å²) in [4.78, 5) is 0. The first kappa shape index (κ1) is 10.9. The number of rotatable bonds is 2. The maximum absolute atomic E-state index is 13.6. The molecule has 16 heavy (non-hydrogen) atoms. The highest BCUT2D eigenvalue weighted by Gasteiger charge is 2.76. The molecule has 4 aliphatic carbocycles. The first-order chi connectivity index (χ1) is 7.35. The van der Waals surface area contributed by atoms with Crippen LogP contribution in [0.25, 0.3) is 0 Å². The highest BCUT2D eigenvalue weighted by Crippen LogP contribution is 2.73. The highest BCUT2D eigenvalue weighted by molar-refractivity contribution is 5.19. The molecule has 92 valence electrons. The zero-order chi connectivity index (χ0) is 11.8. The molecule has 0 radical (unpaired) electrons. The van der Waals surface area contributed by atoms with Gasteiger partial charge in [0.2, 0.25) is 0 Å².